The van der Waals surface area contributed by atoms with Gasteiger partial charge in [-0.15, -0.1) is 0 Å². The Labute approximate surface area is 117 Å². The summed E-state index contributed by atoms with van der Waals surface area (Å²) in [6, 6.07) is 9.83. The molecule has 0 aliphatic heterocycles. The van der Waals surface area contributed by atoms with Crippen LogP contribution in [0.1, 0.15) is 18.4 Å². The minimum atomic E-state index is -2.38. The van der Waals surface area contributed by atoms with Crippen LogP contribution in [0.3, 0.4) is 0 Å². The summed E-state index contributed by atoms with van der Waals surface area (Å²) >= 11 is 0. The first-order chi connectivity index (χ1) is 9.62. The van der Waals surface area contributed by atoms with Crippen molar-refractivity contribution in [1.29, 1.82) is 0 Å². The average molecular weight is 283 g/mol. The van der Waals surface area contributed by atoms with E-state index in [1.54, 1.807) is 0 Å². The fourth-order valence-corrected chi connectivity index (χ4v) is 2.17. The standard InChI is InChI=1S/C15H19F2NO2/c16-13(17)11-18-8-9-20-14(19)15(6-7-15)10-12-4-2-1-3-5-12/h1-5,13,18H,6-11H2. The summed E-state index contributed by atoms with van der Waals surface area (Å²) in [7, 11) is 0. The van der Waals surface area contributed by atoms with Crippen molar-refractivity contribution < 1.29 is 18.3 Å². The van der Waals surface area contributed by atoms with Gasteiger partial charge in [0.2, 0.25) is 0 Å². The zero-order valence-electron chi connectivity index (χ0n) is 11.3. The van der Waals surface area contributed by atoms with Crippen molar-refractivity contribution in [3.63, 3.8) is 0 Å². The first-order valence-electron chi connectivity index (χ1n) is 6.82. The van der Waals surface area contributed by atoms with E-state index < -0.39 is 6.43 Å². The second-order valence-electron chi connectivity index (χ2n) is 5.17. The van der Waals surface area contributed by atoms with Crippen molar-refractivity contribution in [1.82, 2.24) is 5.32 Å². The lowest BCUT2D eigenvalue weighted by Gasteiger charge is -2.14. The topological polar surface area (TPSA) is 38.3 Å². The number of ether oxygens (including phenoxy) is 1. The first-order valence-corrected chi connectivity index (χ1v) is 6.82. The molecule has 1 N–H and O–H groups in total. The Balaban J connectivity index is 1.72. The summed E-state index contributed by atoms with van der Waals surface area (Å²) in [6.07, 6.45) is -0.00777. The number of carbonyl (C=O) groups excluding carboxylic acids is 1. The van der Waals surface area contributed by atoms with E-state index >= 15 is 0 Å². The van der Waals surface area contributed by atoms with E-state index in [0.29, 0.717) is 6.42 Å². The van der Waals surface area contributed by atoms with E-state index in [0.717, 1.165) is 18.4 Å². The summed E-state index contributed by atoms with van der Waals surface area (Å²) in [5.41, 5.74) is 0.738. The molecule has 20 heavy (non-hydrogen) atoms. The molecule has 1 aromatic rings. The Bertz CT molecular complexity index is 433. The van der Waals surface area contributed by atoms with Gasteiger partial charge in [-0.1, -0.05) is 30.3 Å². The molecule has 0 atom stereocenters. The molecule has 0 bridgehead atoms. The fraction of sp³-hybridized carbons (Fsp3) is 0.533. The van der Waals surface area contributed by atoms with Gasteiger partial charge in [0.15, 0.2) is 0 Å². The predicted octanol–water partition coefficient (Wildman–Crippen LogP) is 2.41. The number of benzene rings is 1. The number of nitrogens with one attached hydrogen (secondary N) is 1. The molecule has 0 spiro atoms. The SMILES string of the molecule is O=C(OCCNCC(F)F)C1(Cc2ccccc2)CC1. The van der Waals surface area contributed by atoms with E-state index in [-0.39, 0.29) is 31.1 Å². The molecule has 0 unspecified atom stereocenters. The molecular formula is C15H19F2NO2. The molecule has 5 heteroatoms. The van der Waals surface area contributed by atoms with Crippen LogP contribution in [0.25, 0.3) is 0 Å². The highest BCUT2D eigenvalue weighted by Crippen LogP contribution is 2.49. The Morgan fingerprint density at radius 1 is 1.30 bits per heavy atom. The highest BCUT2D eigenvalue weighted by molar-refractivity contribution is 5.80. The molecule has 0 radical (unpaired) electrons. The number of esters is 1. The minimum Gasteiger partial charge on any atom is -0.464 e. The van der Waals surface area contributed by atoms with Crippen LogP contribution in [0.4, 0.5) is 8.78 Å². The van der Waals surface area contributed by atoms with Crippen molar-refractivity contribution >= 4 is 5.97 Å². The van der Waals surface area contributed by atoms with Crippen molar-refractivity contribution in [2.75, 3.05) is 19.7 Å². The molecule has 1 saturated carbocycles. The molecule has 0 saturated heterocycles. The third kappa shape index (κ3) is 4.27. The second-order valence-corrected chi connectivity index (χ2v) is 5.17. The van der Waals surface area contributed by atoms with Crippen molar-refractivity contribution in [3.8, 4) is 0 Å². The molecule has 0 aromatic heterocycles. The van der Waals surface area contributed by atoms with Gasteiger partial charge in [0.25, 0.3) is 6.43 Å². The third-order valence-electron chi connectivity index (χ3n) is 3.48. The zero-order chi connectivity index (χ0) is 14.4. The number of carbonyl (C=O) groups is 1. The Morgan fingerprint density at radius 3 is 2.60 bits per heavy atom. The number of hydrogen-bond donors (Lipinski definition) is 1. The molecule has 1 aliphatic carbocycles. The highest BCUT2D eigenvalue weighted by Gasteiger charge is 2.51. The summed E-state index contributed by atoms with van der Waals surface area (Å²) in [5.74, 6) is -0.208. The van der Waals surface area contributed by atoms with E-state index in [9.17, 15) is 13.6 Å². The van der Waals surface area contributed by atoms with Crippen LogP contribution < -0.4 is 5.32 Å². The van der Waals surface area contributed by atoms with Gasteiger partial charge in [-0.25, -0.2) is 8.78 Å². The van der Waals surface area contributed by atoms with Crippen LogP contribution >= 0.6 is 0 Å². The molecule has 1 aromatic carbocycles. The van der Waals surface area contributed by atoms with Crippen LogP contribution in [0.5, 0.6) is 0 Å². The average Bonchev–Trinajstić information content (AvgIpc) is 3.20. The molecule has 0 amide bonds. The summed E-state index contributed by atoms with van der Waals surface area (Å²) < 4.78 is 29.0. The zero-order valence-corrected chi connectivity index (χ0v) is 11.3. The Morgan fingerprint density at radius 2 is 2.00 bits per heavy atom. The maximum absolute atomic E-state index is 12.0. The Hall–Kier alpha value is -1.49. The molecule has 1 aliphatic rings. The molecule has 1 fully saturated rings. The van der Waals surface area contributed by atoms with Crippen molar-refractivity contribution in [2.24, 2.45) is 5.41 Å². The fourth-order valence-electron chi connectivity index (χ4n) is 2.17. The normalized spacial score (nSPS) is 16.1. The summed E-state index contributed by atoms with van der Waals surface area (Å²) in [6.45, 7) is 0.0340. The van der Waals surface area contributed by atoms with Gasteiger partial charge in [0.1, 0.15) is 6.61 Å². The lowest BCUT2D eigenvalue weighted by molar-refractivity contribution is -0.150. The quantitative estimate of drug-likeness (QED) is 0.588. The van der Waals surface area contributed by atoms with Crippen molar-refractivity contribution in [3.05, 3.63) is 35.9 Å². The minimum absolute atomic E-state index is 0.141. The lowest BCUT2D eigenvalue weighted by Crippen LogP contribution is -2.28. The molecule has 2 rings (SSSR count). The van der Waals surface area contributed by atoms with E-state index in [1.165, 1.54) is 0 Å². The second kappa shape index (κ2) is 6.79. The van der Waals surface area contributed by atoms with Crippen LogP contribution in [0.15, 0.2) is 30.3 Å². The van der Waals surface area contributed by atoms with Gasteiger partial charge < -0.3 is 10.1 Å². The molecular weight excluding hydrogens is 264 g/mol. The predicted molar refractivity (Wildman–Crippen MR) is 71.6 cm³/mol. The van der Waals surface area contributed by atoms with Crippen molar-refractivity contribution in [2.45, 2.75) is 25.7 Å². The molecule has 0 heterocycles. The smallest absolute Gasteiger partial charge is 0.312 e. The monoisotopic (exact) mass is 283 g/mol. The number of rotatable bonds is 8. The largest absolute Gasteiger partial charge is 0.464 e. The highest BCUT2D eigenvalue weighted by atomic mass is 19.3. The molecule has 110 valence electrons. The maximum Gasteiger partial charge on any atom is 0.312 e. The van der Waals surface area contributed by atoms with Crippen LogP contribution in [-0.2, 0) is 16.0 Å². The summed E-state index contributed by atoms with van der Waals surface area (Å²) in [5, 5.41) is 2.53. The lowest BCUT2D eigenvalue weighted by atomic mass is 9.97. The molecule has 3 nitrogen and oxygen atoms in total. The van der Waals surface area contributed by atoms with E-state index in [2.05, 4.69) is 5.32 Å². The van der Waals surface area contributed by atoms with Gasteiger partial charge in [-0.05, 0) is 24.8 Å². The first kappa shape index (κ1) is 14.9. The van der Waals surface area contributed by atoms with Gasteiger partial charge in [0.05, 0.1) is 12.0 Å². The number of hydrogen-bond acceptors (Lipinski definition) is 3. The van der Waals surface area contributed by atoms with Crippen LogP contribution in [0.2, 0.25) is 0 Å². The van der Waals surface area contributed by atoms with Gasteiger partial charge in [-0.3, -0.25) is 4.79 Å². The van der Waals surface area contributed by atoms with Crippen LogP contribution in [0, 0.1) is 5.41 Å². The van der Waals surface area contributed by atoms with E-state index in [4.69, 9.17) is 4.74 Å². The van der Waals surface area contributed by atoms with Gasteiger partial charge >= 0.3 is 5.97 Å². The maximum atomic E-state index is 12.0. The van der Waals surface area contributed by atoms with Gasteiger partial charge in [0, 0.05) is 6.54 Å². The van der Waals surface area contributed by atoms with E-state index in [1.807, 2.05) is 30.3 Å². The third-order valence-corrected chi connectivity index (χ3v) is 3.48. The number of halogens is 2. The van der Waals surface area contributed by atoms with Crippen LogP contribution in [-0.4, -0.2) is 32.1 Å². The summed E-state index contributed by atoms with van der Waals surface area (Å²) in [4.78, 5) is 12.0. The number of alkyl halides is 2. The Kier molecular flexibility index (Phi) is 5.06. The van der Waals surface area contributed by atoms with Gasteiger partial charge in [-0.2, -0.15) is 0 Å².